The van der Waals surface area contributed by atoms with E-state index in [0.29, 0.717) is 0 Å². The molecule has 0 aromatic carbocycles. The molecule has 0 aromatic rings. The Kier molecular flexibility index (Phi) is 13.4. The summed E-state index contributed by atoms with van der Waals surface area (Å²) >= 11 is 1.55. The van der Waals surface area contributed by atoms with Crippen molar-refractivity contribution in [1.29, 1.82) is 0 Å². The molecular weight excluding hydrogens is 380 g/mol. The SMILES string of the molecule is CC1=CC[C-]=C1.CC1=NC2=CC=CC2=C1.C[C](C)=[Zr+2].[Cl-].[Cl-]. The van der Waals surface area contributed by atoms with Crippen LogP contribution in [0.2, 0.25) is 0 Å². The summed E-state index contributed by atoms with van der Waals surface area (Å²) in [7, 11) is 0. The van der Waals surface area contributed by atoms with Crippen molar-refractivity contribution < 1.29 is 49.0 Å². The first-order valence-corrected chi connectivity index (χ1v) is 7.63. The Morgan fingerprint density at radius 1 is 1.24 bits per heavy atom. The summed E-state index contributed by atoms with van der Waals surface area (Å²) in [6.07, 6.45) is 16.5. The van der Waals surface area contributed by atoms with Gasteiger partial charge in [0.2, 0.25) is 0 Å². The maximum atomic E-state index is 4.27. The molecule has 0 saturated heterocycles. The van der Waals surface area contributed by atoms with Gasteiger partial charge in [0.25, 0.3) is 0 Å². The van der Waals surface area contributed by atoms with Crippen molar-refractivity contribution in [3.05, 3.63) is 59.4 Å². The standard InChI is InChI=1S/C8H7N.C6H7.C3H6.2ClH.Zr/c1-6-5-7-3-2-4-8(7)9-6;1-6-4-2-3-5-6;1-3-2;;;/h2-5H,1H3;4-5H,2H2,1H3;1-2H3;2*1H;/q;-1;;;;+2/p-2. The van der Waals surface area contributed by atoms with Gasteiger partial charge in [-0.05, 0) is 19.1 Å². The fraction of sp³-hybridized carbons (Fsp3) is 0.294. The maximum Gasteiger partial charge on any atom is -1.00 e. The second kappa shape index (κ2) is 12.3. The van der Waals surface area contributed by atoms with E-state index in [4.69, 9.17) is 0 Å². The molecule has 0 aromatic heterocycles. The fourth-order valence-electron chi connectivity index (χ4n) is 1.59. The molecule has 1 aliphatic heterocycles. The van der Waals surface area contributed by atoms with Crippen LogP contribution in [0.25, 0.3) is 0 Å². The fourth-order valence-corrected chi connectivity index (χ4v) is 1.59. The molecule has 3 aliphatic rings. The van der Waals surface area contributed by atoms with Crippen LogP contribution >= 0.6 is 0 Å². The predicted octanol–water partition coefficient (Wildman–Crippen LogP) is -1.71. The summed E-state index contributed by atoms with van der Waals surface area (Å²) in [6.45, 7) is 8.34. The molecule has 1 nitrogen and oxygen atoms in total. The van der Waals surface area contributed by atoms with Crippen LogP contribution in [-0.2, 0) is 24.2 Å². The van der Waals surface area contributed by atoms with Gasteiger partial charge in [0.15, 0.2) is 0 Å². The minimum Gasteiger partial charge on any atom is -1.00 e. The molecule has 1 heterocycles. The molecule has 0 unspecified atom stereocenters. The average molecular weight is 400 g/mol. The second-order valence-electron chi connectivity index (χ2n) is 4.76. The van der Waals surface area contributed by atoms with Crippen molar-refractivity contribution in [2.75, 3.05) is 0 Å². The van der Waals surface area contributed by atoms with E-state index in [-0.39, 0.29) is 24.8 Å². The van der Waals surface area contributed by atoms with E-state index in [1.54, 1.807) is 24.2 Å². The van der Waals surface area contributed by atoms with Gasteiger partial charge in [-0.3, -0.25) is 11.1 Å². The van der Waals surface area contributed by atoms with Crippen molar-refractivity contribution in [2.24, 2.45) is 4.99 Å². The number of rotatable bonds is 0. The van der Waals surface area contributed by atoms with Gasteiger partial charge in [0.05, 0.1) is 5.70 Å². The number of fused-ring (bicyclic) bond motifs is 1. The Balaban J connectivity index is 0. The molecule has 0 amide bonds. The van der Waals surface area contributed by atoms with Crippen LogP contribution in [0.4, 0.5) is 0 Å². The van der Waals surface area contributed by atoms with Crippen LogP contribution in [0, 0.1) is 6.08 Å². The molecule has 3 rings (SSSR count). The number of hydrogen-bond acceptors (Lipinski definition) is 1. The molecule has 0 bridgehead atoms. The van der Waals surface area contributed by atoms with Gasteiger partial charge in [0.1, 0.15) is 0 Å². The number of aliphatic imine (C=N–C) groups is 1. The molecule has 21 heavy (non-hydrogen) atoms. The van der Waals surface area contributed by atoms with Gasteiger partial charge in [-0.15, -0.1) is 13.3 Å². The third-order valence-electron chi connectivity index (χ3n) is 2.36. The zero-order valence-corrected chi connectivity index (χ0v) is 16.8. The average Bonchev–Trinajstić information content (AvgIpc) is 2.95. The van der Waals surface area contributed by atoms with Crippen molar-refractivity contribution >= 4 is 8.92 Å². The monoisotopic (exact) mass is 398 g/mol. The summed E-state index contributed by atoms with van der Waals surface area (Å²) in [6, 6.07) is 0. The van der Waals surface area contributed by atoms with Crippen LogP contribution in [-0.4, -0.2) is 8.92 Å². The minimum atomic E-state index is 0. The van der Waals surface area contributed by atoms with Gasteiger partial charge < -0.3 is 24.8 Å². The number of allylic oxidation sites excluding steroid dienone is 8. The zero-order chi connectivity index (χ0) is 14.3. The first-order valence-electron chi connectivity index (χ1n) is 6.40. The topological polar surface area (TPSA) is 12.4 Å². The number of halogens is 2. The Hall–Kier alpha value is -0.297. The van der Waals surface area contributed by atoms with Crippen molar-refractivity contribution in [1.82, 2.24) is 0 Å². The number of hydrogen-bond donors (Lipinski definition) is 0. The van der Waals surface area contributed by atoms with E-state index in [0.717, 1.165) is 17.8 Å². The van der Waals surface area contributed by atoms with Crippen LogP contribution in [0.1, 0.15) is 34.1 Å². The molecule has 0 N–H and O–H groups in total. The van der Waals surface area contributed by atoms with Crippen molar-refractivity contribution in [2.45, 2.75) is 34.1 Å². The van der Waals surface area contributed by atoms with E-state index in [2.05, 4.69) is 50.1 Å². The van der Waals surface area contributed by atoms with E-state index >= 15 is 0 Å². The van der Waals surface area contributed by atoms with E-state index in [1.807, 2.05) is 25.2 Å². The van der Waals surface area contributed by atoms with Gasteiger partial charge in [-0.1, -0.05) is 12.2 Å². The predicted molar refractivity (Wildman–Crippen MR) is 81.0 cm³/mol. The first-order chi connectivity index (χ1) is 8.99. The van der Waals surface area contributed by atoms with Gasteiger partial charge >= 0.3 is 41.3 Å². The number of nitrogens with zero attached hydrogens (tertiary/aromatic N) is 1. The van der Waals surface area contributed by atoms with Gasteiger partial charge in [-0.25, -0.2) is 11.6 Å². The van der Waals surface area contributed by atoms with Crippen molar-refractivity contribution in [3.63, 3.8) is 0 Å². The third kappa shape index (κ3) is 10.1. The van der Waals surface area contributed by atoms with Crippen LogP contribution in [0.3, 0.4) is 0 Å². The second-order valence-corrected chi connectivity index (χ2v) is 7.22. The molecule has 0 atom stereocenters. The largest absolute Gasteiger partial charge is 1.00 e. The molecule has 0 radical (unpaired) electrons. The Bertz CT molecular complexity index is 528. The van der Waals surface area contributed by atoms with E-state index in [1.165, 1.54) is 14.4 Å². The van der Waals surface area contributed by atoms with E-state index < -0.39 is 0 Å². The summed E-state index contributed by atoms with van der Waals surface area (Å²) in [5, 5.41) is 0. The molecule has 2 aliphatic carbocycles. The Labute approximate surface area is 155 Å². The Morgan fingerprint density at radius 2 is 1.86 bits per heavy atom. The summed E-state index contributed by atoms with van der Waals surface area (Å²) < 4.78 is 1.51. The minimum absolute atomic E-state index is 0. The summed E-state index contributed by atoms with van der Waals surface area (Å²) in [5.41, 5.74) is 4.83. The molecule has 4 heteroatoms. The van der Waals surface area contributed by atoms with Gasteiger partial charge in [-0.2, -0.15) is 6.08 Å². The summed E-state index contributed by atoms with van der Waals surface area (Å²) in [4.78, 5) is 4.27. The van der Waals surface area contributed by atoms with Crippen LogP contribution in [0.5, 0.6) is 0 Å². The summed E-state index contributed by atoms with van der Waals surface area (Å²) in [5.74, 6) is 0. The molecule has 0 fully saturated rings. The van der Waals surface area contributed by atoms with Crippen molar-refractivity contribution in [3.8, 4) is 0 Å². The smallest absolute Gasteiger partial charge is 1.00 e. The normalized spacial score (nSPS) is 15.7. The first kappa shape index (κ1) is 23.0. The molecule has 0 saturated carbocycles. The zero-order valence-electron chi connectivity index (χ0n) is 12.9. The van der Waals surface area contributed by atoms with Crippen LogP contribution < -0.4 is 24.8 Å². The quantitative estimate of drug-likeness (QED) is 0.430. The van der Waals surface area contributed by atoms with Gasteiger partial charge in [0, 0.05) is 11.3 Å². The maximum absolute atomic E-state index is 4.27. The van der Waals surface area contributed by atoms with E-state index in [9.17, 15) is 0 Å². The molecule has 112 valence electrons. The molecular formula is C17H20Cl2NZr-. The van der Waals surface area contributed by atoms with Crippen LogP contribution in [0.15, 0.2) is 58.3 Å². The third-order valence-corrected chi connectivity index (χ3v) is 2.36. The Morgan fingerprint density at radius 3 is 2.24 bits per heavy atom. The molecule has 0 spiro atoms.